The van der Waals surface area contributed by atoms with E-state index in [9.17, 15) is 4.79 Å². The zero-order chi connectivity index (χ0) is 11.6. The monoisotopic (exact) mass is 218 g/mol. The van der Waals surface area contributed by atoms with Gasteiger partial charge in [0.2, 0.25) is 5.91 Å². The molecule has 0 spiro atoms. The third-order valence-electron chi connectivity index (χ3n) is 3.25. The van der Waals surface area contributed by atoms with Crippen molar-refractivity contribution in [1.82, 2.24) is 5.32 Å². The predicted octanol–water partition coefficient (Wildman–Crippen LogP) is 1.18. The van der Waals surface area contributed by atoms with Crippen molar-refractivity contribution in [2.24, 2.45) is 5.73 Å². The summed E-state index contributed by atoms with van der Waals surface area (Å²) in [5.41, 5.74) is 7.00. The van der Waals surface area contributed by atoms with E-state index in [-0.39, 0.29) is 11.3 Å². The number of hydrogen-bond donors (Lipinski definition) is 2. The smallest absolute Gasteiger partial charge is 0.236 e. The van der Waals surface area contributed by atoms with E-state index in [1.54, 1.807) is 6.92 Å². The summed E-state index contributed by atoms with van der Waals surface area (Å²) in [6.07, 6.45) is 2.30. The van der Waals surface area contributed by atoms with Gasteiger partial charge >= 0.3 is 0 Å². The average Bonchev–Trinajstić information content (AvgIpc) is 3.08. The van der Waals surface area contributed by atoms with E-state index in [0.29, 0.717) is 6.54 Å². The molecule has 2 rings (SSSR count). The van der Waals surface area contributed by atoms with Crippen molar-refractivity contribution in [2.75, 3.05) is 6.54 Å². The van der Waals surface area contributed by atoms with Crippen molar-refractivity contribution in [3.8, 4) is 0 Å². The Labute approximate surface area is 96.0 Å². The summed E-state index contributed by atoms with van der Waals surface area (Å²) in [5.74, 6) is -0.0674. The van der Waals surface area contributed by atoms with Gasteiger partial charge in [0.1, 0.15) is 0 Å². The van der Waals surface area contributed by atoms with Gasteiger partial charge in [-0.15, -0.1) is 0 Å². The topological polar surface area (TPSA) is 55.1 Å². The molecule has 1 aliphatic rings. The number of benzene rings is 1. The molecule has 16 heavy (non-hydrogen) atoms. The molecule has 3 heteroatoms. The fraction of sp³-hybridized carbons (Fsp3) is 0.462. The van der Waals surface area contributed by atoms with Crippen LogP contribution in [0.25, 0.3) is 0 Å². The lowest BCUT2D eigenvalue weighted by molar-refractivity contribution is -0.122. The van der Waals surface area contributed by atoms with Gasteiger partial charge in [0.15, 0.2) is 0 Å². The lowest BCUT2D eigenvalue weighted by Gasteiger charge is -2.17. The highest BCUT2D eigenvalue weighted by molar-refractivity contribution is 5.81. The number of rotatable bonds is 4. The fourth-order valence-corrected chi connectivity index (χ4v) is 1.93. The third-order valence-corrected chi connectivity index (χ3v) is 3.25. The van der Waals surface area contributed by atoms with Gasteiger partial charge < -0.3 is 11.1 Å². The summed E-state index contributed by atoms with van der Waals surface area (Å²) >= 11 is 0. The van der Waals surface area contributed by atoms with Gasteiger partial charge in [0.05, 0.1) is 6.04 Å². The molecule has 1 amide bonds. The van der Waals surface area contributed by atoms with Gasteiger partial charge in [0, 0.05) is 12.0 Å². The molecule has 3 nitrogen and oxygen atoms in total. The second-order valence-electron chi connectivity index (χ2n) is 4.65. The van der Waals surface area contributed by atoms with E-state index in [4.69, 9.17) is 5.73 Å². The number of nitrogens with one attached hydrogen (secondary N) is 1. The first-order valence-electron chi connectivity index (χ1n) is 5.73. The van der Waals surface area contributed by atoms with Crippen LogP contribution in [-0.2, 0) is 10.2 Å². The van der Waals surface area contributed by atoms with Crippen molar-refractivity contribution in [3.63, 3.8) is 0 Å². The SMILES string of the molecule is CC(N)C(=O)NCC1(c2ccccc2)CC1. The van der Waals surface area contributed by atoms with Crippen LogP contribution in [0.1, 0.15) is 25.3 Å². The van der Waals surface area contributed by atoms with Crippen LogP contribution >= 0.6 is 0 Å². The molecule has 1 atom stereocenters. The van der Waals surface area contributed by atoms with E-state index >= 15 is 0 Å². The molecule has 0 saturated heterocycles. The second kappa shape index (κ2) is 4.26. The molecule has 3 N–H and O–H groups in total. The number of carbonyl (C=O) groups is 1. The van der Waals surface area contributed by atoms with Crippen LogP contribution < -0.4 is 11.1 Å². The van der Waals surface area contributed by atoms with Crippen molar-refractivity contribution >= 4 is 5.91 Å². The molecule has 1 unspecified atom stereocenters. The standard InChI is InChI=1S/C13H18N2O/c1-10(14)12(16)15-9-13(7-8-13)11-5-3-2-4-6-11/h2-6,10H,7-9,14H2,1H3,(H,15,16). The quantitative estimate of drug-likeness (QED) is 0.797. The molecule has 0 aromatic heterocycles. The maximum absolute atomic E-state index is 11.4. The van der Waals surface area contributed by atoms with Crippen LogP contribution in [0.4, 0.5) is 0 Å². The molecule has 1 fully saturated rings. The average molecular weight is 218 g/mol. The van der Waals surface area contributed by atoms with Crippen LogP contribution in [0.15, 0.2) is 30.3 Å². The van der Waals surface area contributed by atoms with E-state index in [1.165, 1.54) is 5.56 Å². The normalized spacial score (nSPS) is 18.9. The van der Waals surface area contributed by atoms with Crippen molar-refractivity contribution in [2.45, 2.75) is 31.2 Å². The number of nitrogens with two attached hydrogens (primary N) is 1. The Morgan fingerprint density at radius 3 is 2.56 bits per heavy atom. The Morgan fingerprint density at radius 1 is 1.44 bits per heavy atom. The molecule has 86 valence electrons. The zero-order valence-corrected chi connectivity index (χ0v) is 9.57. The van der Waals surface area contributed by atoms with Crippen molar-refractivity contribution in [1.29, 1.82) is 0 Å². The Bertz CT molecular complexity index is 369. The van der Waals surface area contributed by atoms with E-state index in [1.807, 2.05) is 18.2 Å². The van der Waals surface area contributed by atoms with Gasteiger partial charge in [-0.05, 0) is 25.3 Å². The Hall–Kier alpha value is -1.35. The third kappa shape index (κ3) is 2.25. The first-order valence-corrected chi connectivity index (χ1v) is 5.73. The molecule has 1 aliphatic carbocycles. The maximum Gasteiger partial charge on any atom is 0.236 e. The highest BCUT2D eigenvalue weighted by atomic mass is 16.2. The van der Waals surface area contributed by atoms with Crippen molar-refractivity contribution in [3.05, 3.63) is 35.9 Å². The number of carbonyl (C=O) groups excluding carboxylic acids is 1. The highest BCUT2D eigenvalue weighted by Crippen LogP contribution is 2.47. The Kier molecular flexibility index (Phi) is 2.97. The Morgan fingerprint density at radius 2 is 2.06 bits per heavy atom. The molecule has 0 aliphatic heterocycles. The van der Waals surface area contributed by atoms with Crippen LogP contribution in [0.2, 0.25) is 0 Å². The summed E-state index contributed by atoms with van der Waals surface area (Å²) < 4.78 is 0. The summed E-state index contributed by atoms with van der Waals surface area (Å²) in [6.45, 7) is 2.41. The first-order chi connectivity index (χ1) is 7.64. The minimum absolute atomic E-state index is 0.0674. The van der Waals surface area contributed by atoms with Gasteiger partial charge in [-0.2, -0.15) is 0 Å². The number of amides is 1. The fourth-order valence-electron chi connectivity index (χ4n) is 1.93. The molecular formula is C13H18N2O. The van der Waals surface area contributed by atoms with Gasteiger partial charge in [-0.1, -0.05) is 30.3 Å². The van der Waals surface area contributed by atoms with Crippen LogP contribution in [0, 0.1) is 0 Å². The lowest BCUT2D eigenvalue weighted by atomic mass is 9.96. The molecule has 1 aromatic rings. The molecule has 1 saturated carbocycles. The minimum atomic E-state index is -0.424. The molecule has 0 heterocycles. The molecule has 1 aromatic carbocycles. The summed E-state index contributed by atoms with van der Waals surface area (Å²) in [5, 5.41) is 2.92. The van der Waals surface area contributed by atoms with Crippen molar-refractivity contribution < 1.29 is 4.79 Å². The first kappa shape index (κ1) is 11.1. The minimum Gasteiger partial charge on any atom is -0.354 e. The van der Waals surface area contributed by atoms with Crippen LogP contribution in [-0.4, -0.2) is 18.5 Å². The highest BCUT2D eigenvalue weighted by Gasteiger charge is 2.44. The van der Waals surface area contributed by atoms with E-state index in [2.05, 4.69) is 17.4 Å². The van der Waals surface area contributed by atoms with Gasteiger partial charge in [0.25, 0.3) is 0 Å². The zero-order valence-electron chi connectivity index (χ0n) is 9.57. The summed E-state index contributed by atoms with van der Waals surface area (Å²) in [7, 11) is 0. The second-order valence-corrected chi connectivity index (χ2v) is 4.65. The lowest BCUT2D eigenvalue weighted by Crippen LogP contribution is -2.41. The predicted molar refractivity (Wildman–Crippen MR) is 64.0 cm³/mol. The Balaban J connectivity index is 1.97. The molecule has 0 radical (unpaired) electrons. The number of hydrogen-bond acceptors (Lipinski definition) is 2. The molecule has 0 bridgehead atoms. The van der Waals surface area contributed by atoms with Crippen LogP contribution in [0.3, 0.4) is 0 Å². The summed E-state index contributed by atoms with van der Waals surface area (Å²) in [4.78, 5) is 11.4. The van der Waals surface area contributed by atoms with E-state index < -0.39 is 6.04 Å². The van der Waals surface area contributed by atoms with Crippen LogP contribution in [0.5, 0.6) is 0 Å². The van der Waals surface area contributed by atoms with E-state index in [0.717, 1.165) is 12.8 Å². The van der Waals surface area contributed by atoms with Gasteiger partial charge in [-0.25, -0.2) is 0 Å². The summed E-state index contributed by atoms with van der Waals surface area (Å²) in [6, 6.07) is 9.94. The largest absolute Gasteiger partial charge is 0.354 e. The maximum atomic E-state index is 11.4. The molecular weight excluding hydrogens is 200 g/mol. The van der Waals surface area contributed by atoms with Gasteiger partial charge in [-0.3, -0.25) is 4.79 Å².